The molecule has 0 radical (unpaired) electrons. The van der Waals surface area contributed by atoms with Gasteiger partial charge < -0.3 is 10.2 Å². The Morgan fingerprint density at radius 1 is 1.25 bits per heavy atom. The molecular formula is C17H22N2S. The second-order valence-electron chi connectivity index (χ2n) is 5.49. The molecule has 1 aromatic carbocycles. The van der Waals surface area contributed by atoms with E-state index in [1.54, 1.807) is 11.3 Å². The standard InChI is InChI=1S/C17H22N2S/c1-2-16-11-18-15(10-14-6-4-3-5-7-14)12-19(16)17-8-9-20-13-17/h3-9,13,15-16,18H,2,10-12H2,1H3. The fourth-order valence-electron chi connectivity index (χ4n) is 3.00. The lowest BCUT2D eigenvalue weighted by Crippen LogP contribution is -2.57. The first kappa shape index (κ1) is 13.7. The topological polar surface area (TPSA) is 15.3 Å². The molecule has 3 heteroatoms. The number of hydrogen-bond acceptors (Lipinski definition) is 3. The summed E-state index contributed by atoms with van der Waals surface area (Å²) in [5.74, 6) is 0. The Morgan fingerprint density at radius 3 is 2.80 bits per heavy atom. The zero-order valence-corrected chi connectivity index (χ0v) is 12.8. The van der Waals surface area contributed by atoms with Crippen LogP contribution in [-0.2, 0) is 6.42 Å². The number of hydrogen-bond donors (Lipinski definition) is 1. The minimum absolute atomic E-state index is 0.542. The van der Waals surface area contributed by atoms with Crippen LogP contribution in [0.2, 0.25) is 0 Å². The minimum Gasteiger partial charge on any atom is -0.365 e. The third kappa shape index (κ3) is 3.05. The Kier molecular flexibility index (Phi) is 4.38. The number of thiophene rings is 1. The van der Waals surface area contributed by atoms with Gasteiger partial charge in [-0.2, -0.15) is 11.3 Å². The van der Waals surface area contributed by atoms with Gasteiger partial charge in [0, 0.05) is 36.2 Å². The zero-order chi connectivity index (χ0) is 13.8. The molecule has 0 amide bonds. The van der Waals surface area contributed by atoms with E-state index >= 15 is 0 Å². The normalized spacial score (nSPS) is 22.9. The largest absolute Gasteiger partial charge is 0.365 e. The summed E-state index contributed by atoms with van der Waals surface area (Å²) in [7, 11) is 0. The van der Waals surface area contributed by atoms with Crippen molar-refractivity contribution in [1.29, 1.82) is 0 Å². The quantitative estimate of drug-likeness (QED) is 0.924. The zero-order valence-electron chi connectivity index (χ0n) is 12.0. The molecule has 0 aliphatic carbocycles. The van der Waals surface area contributed by atoms with E-state index in [9.17, 15) is 0 Å². The van der Waals surface area contributed by atoms with Gasteiger partial charge in [-0.05, 0) is 29.9 Å². The molecule has 2 heterocycles. The summed E-state index contributed by atoms with van der Waals surface area (Å²) >= 11 is 1.79. The Balaban J connectivity index is 1.70. The maximum absolute atomic E-state index is 3.72. The lowest BCUT2D eigenvalue weighted by Gasteiger charge is -2.41. The fraction of sp³-hybridized carbons (Fsp3) is 0.412. The van der Waals surface area contributed by atoms with Crippen molar-refractivity contribution in [2.24, 2.45) is 0 Å². The van der Waals surface area contributed by atoms with Crippen molar-refractivity contribution in [3.05, 3.63) is 52.7 Å². The third-order valence-electron chi connectivity index (χ3n) is 4.13. The highest BCUT2D eigenvalue weighted by Gasteiger charge is 2.27. The van der Waals surface area contributed by atoms with Crippen LogP contribution in [0.4, 0.5) is 5.69 Å². The van der Waals surface area contributed by atoms with E-state index < -0.39 is 0 Å². The molecule has 0 saturated carbocycles. The summed E-state index contributed by atoms with van der Waals surface area (Å²) in [6, 6.07) is 14.2. The number of anilines is 1. The number of rotatable bonds is 4. The Hall–Kier alpha value is -1.32. The second-order valence-corrected chi connectivity index (χ2v) is 6.27. The van der Waals surface area contributed by atoms with Gasteiger partial charge in [0.1, 0.15) is 0 Å². The molecule has 2 nitrogen and oxygen atoms in total. The van der Waals surface area contributed by atoms with Crippen LogP contribution >= 0.6 is 11.3 Å². The van der Waals surface area contributed by atoms with E-state index in [1.807, 2.05) is 0 Å². The van der Waals surface area contributed by atoms with Gasteiger partial charge in [0.2, 0.25) is 0 Å². The third-order valence-corrected chi connectivity index (χ3v) is 4.80. The van der Waals surface area contributed by atoms with Crippen LogP contribution in [0, 0.1) is 0 Å². The number of benzene rings is 1. The Labute approximate surface area is 125 Å². The molecular weight excluding hydrogens is 264 g/mol. The lowest BCUT2D eigenvalue weighted by molar-refractivity contribution is 0.384. The number of piperazine rings is 1. The second kappa shape index (κ2) is 6.42. The van der Waals surface area contributed by atoms with Gasteiger partial charge in [-0.15, -0.1) is 0 Å². The predicted molar refractivity (Wildman–Crippen MR) is 87.7 cm³/mol. The predicted octanol–water partition coefficient (Wildman–Crippen LogP) is 3.55. The molecule has 1 fully saturated rings. The van der Waals surface area contributed by atoms with Crippen molar-refractivity contribution in [1.82, 2.24) is 5.32 Å². The van der Waals surface area contributed by atoms with Crippen LogP contribution in [-0.4, -0.2) is 25.2 Å². The smallest absolute Gasteiger partial charge is 0.0478 e. The molecule has 3 rings (SSSR count). The summed E-state index contributed by atoms with van der Waals surface area (Å²) in [5, 5.41) is 8.17. The van der Waals surface area contributed by atoms with Gasteiger partial charge in [-0.25, -0.2) is 0 Å². The summed E-state index contributed by atoms with van der Waals surface area (Å²) < 4.78 is 0. The van der Waals surface area contributed by atoms with Crippen LogP contribution in [0.5, 0.6) is 0 Å². The van der Waals surface area contributed by atoms with Crippen LogP contribution < -0.4 is 10.2 Å². The van der Waals surface area contributed by atoms with Crippen molar-refractivity contribution < 1.29 is 0 Å². The fourth-order valence-corrected chi connectivity index (χ4v) is 3.65. The van der Waals surface area contributed by atoms with Crippen molar-refractivity contribution in [3.63, 3.8) is 0 Å². The molecule has 2 unspecified atom stereocenters. The molecule has 2 atom stereocenters. The summed E-state index contributed by atoms with van der Waals surface area (Å²) in [5.41, 5.74) is 2.81. The monoisotopic (exact) mass is 286 g/mol. The van der Waals surface area contributed by atoms with Gasteiger partial charge in [0.15, 0.2) is 0 Å². The van der Waals surface area contributed by atoms with E-state index in [1.165, 1.54) is 17.7 Å². The van der Waals surface area contributed by atoms with Crippen LogP contribution in [0.1, 0.15) is 18.9 Å². The molecule has 1 saturated heterocycles. The van der Waals surface area contributed by atoms with Crippen LogP contribution in [0.3, 0.4) is 0 Å². The lowest BCUT2D eigenvalue weighted by atomic mass is 10.0. The van der Waals surface area contributed by atoms with Crippen molar-refractivity contribution in [2.75, 3.05) is 18.0 Å². The molecule has 106 valence electrons. The van der Waals surface area contributed by atoms with Crippen molar-refractivity contribution in [2.45, 2.75) is 31.8 Å². The van der Waals surface area contributed by atoms with Crippen LogP contribution in [0.25, 0.3) is 0 Å². The minimum atomic E-state index is 0.542. The summed E-state index contributed by atoms with van der Waals surface area (Å²) in [6.07, 6.45) is 2.30. The van der Waals surface area contributed by atoms with Crippen LogP contribution in [0.15, 0.2) is 47.2 Å². The average molecular weight is 286 g/mol. The molecule has 0 bridgehead atoms. The van der Waals surface area contributed by atoms with E-state index in [4.69, 9.17) is 0 Å². The van der Waals surface area contributed by atoms with Gasteiger partial charge in [-0.3, -0.25) is 0 Å². The van der Waals surface area contributed by atoms with E-state index in [-0.39, 0.29) is 0 Å². The molecule has 1 aromatic heterocycles. The molecule has 20 heavy (non-hydrogen) atoms. The highest BCUT2D eigenvalue weighted by Crippen LogP contribution is 2.24. The molecule has 0 spiro atoms. The molecule has 1 N–H and O–H groups in total. The first-order valence-corrected chi connectivity index (χ1v) is 8.37. The Morgan fingerprint density at radius 2 is 2.10 bits per heavy atom. The molecule has 2 aromatic rings. The number of nitrogens with zero attached hydrogens (tertiary/aromatic N) is 1. The maximum atomic E-state index is 3.72. The summed E-state index contributed by atoms with van der Waals surface area (Å²) in [4.78, 5) is 2.58. The van der Waals surface area contributed by atoms with Gasteiger partial charge >= 0.3 is 0 Å². The maximum Gasteiger partial charge on any atom is 0.0478 e. The number of nitrogens with one attached hydrogen (secondary N) is 1. The first-order chi connectivity index (χ1) is 9.86. The van der Waals surface area contributed by atoms with E-state index in [0.29, 0.717) is 12.1 Å². The van der Waals surface area contributed by atoms with E-state index in [2.05, 4.69) is 64.3 Å². The SMILES string of the molecule is CCC1CNC(Cc2ccccc2)CN1c1ccsc1. The van der Waals surface area contributed by atoms with Gasteiger partial charge in [0.25, 0.3) is 0 Å². The van der Waals surface area contributed by atoms with Gasteiger partial charge in [0.05, 0.1) is 0 Å². The van der Waals surface area contributed by atoms with Crippen molar-refractivity contribution >= 4 is 17.0 Å². The van der Waals surface area contributed by atoms with E-state index in [0.717, 1.165) is 19.5 Å². The highest BCUT2D eigenvalue weighted by molar-refractivity contribution is 7.08. The Bertz CT molecular complexity index is 509. The first-order valence-electron chi connectivity index (χ1n) is 7.43. The molecule has 1 aliphatic rings. The highest BCUT2D eigenvalue weighted by atomic mass is 32.1. The average Bonchev–Trinajstić information content (AvgIpc) is 3.02. The molecule has 1 aliphatic heterocycles. The summed E-state index contributed by atoms with van der Waals surface area (Å²) in [6.45, 7) is 4.47. The van der Waals surface area contributed by atoms with Gasteiger partial charge in [-0.1, -0.05) is 37.3 Å². The van der Waals surface area contributed by atoms with Crippen molar-refractivity contribution in [3.8, 4) is 0 Å².